The smallest absolute Gasteiger partial charge is 0.481 e. The molecule has 0 radical (unpaired) electrons. The lowest BCUT2D eigenvalue weighted by molar-refractivity contribution is -0.360. The number of alkyl halides is 3. The summed E-state index contributed by atoms with van der Waals surface area (Å²) >= 11 is 0. The van der Waals surface area contributed by atoms with Gasteiger partial charge >= 0.3 is 18.3 Å². The molecule has 2 unspecified atom stereocenters. The van der Waals surface area contributed by atoms with E-state index in [1.54, 1.807) is 30.3 Å². The number of carbonyl (C=O) groups excluding carboxylic acids is 2. The zero-order chi connectivity index (χ0) is 29.2. The number of aliphatic carboxylic acids is 1. The van der Waals surface area contributed by atoms with Gasteiger partial charge in [0.05, 0.1) is 13.0 Å². The Morgan fingerprint density at radius 3 is 2.38 bits per heavy atom. The average molecular weight is 560 g/mol. The van der Waals surface area contributed by atoms with Crippen molar-refractivity contribution < 1.29 is 42.1 Å². The number of carbonyl (C=O) groups is 3. The number of allylic oxidation sites excluding steroid dienone is 2. The van der Waals surface area contributed by atoms with E-state index in [-0.39, 0.29) is 32.4 Å². The summed E-state index contributed by atoms with van der Waals surface area (Å²) in [6.45, 7) is 1.83. The fourth-order valence-electron chi connectivity index (χ4n) is 4.37. The van der Waals surface area contributed by atoms with Gasteiger partial charge in [-0.25, -0.2) is 4.79 Å². The van der Waals surface area contributed by atoms with Gasteiger partial charge in [-0.05, 0) is 54.2 Å². The summed E-state index contributed by atoms with van der Waals surface area (Å²) in [4.78, 5) is 36.0. The predicted molar refractivity (Wildman–Crippen MR) is 142 cm³/mol. The Kier molecular flexibility index (Phi) is 10.7. The Bertz CT molecular complexity index is 1220. The van der Waals surface area contributed by atoms with Crippen LogP contribution in [0.5, 0.6) is 0 Å². The van der Waals surface area contributed by atoms with Crippen molar-refractivity contribution in [2.75, 3.05) is 13.2 Å². The molecule has 10 heteroatoms. The summed E-state index contributed by atoms with van der Waals surface area (Å²) in [6.07, 6.45) is 0.512. The highest BCUT2D eigenvalue weighted by Gasteiger charge is 2.53. The van der Waals surface area contributed by atoms with Gasteiger partial charge in [-0.3, -0.25) is 14.3 Å². The standard InChI is InChI=1S/C30H32F3NO6/c1-2-3-19-39-28(38)29(40-30(31,32)33)17-15-24(22-7-5-4-6-8-22)20-25(29)14-11-21-9-12-23(13-10-21)27(37)34-18-16-26(35)36/h4-10,12-13,15,17,20,25H,2-3,11,14,16,18-19H2,1H3,(H,34,37)(H,35,36). The van der Waals surface area contributed by atoms with Gasteiger partial charge in [0.2, 0.25) is 0 Å². The number of carboxylic acids is 1. The van der Waals surface area contributed by atoms with Crippen molar-refractivity contribution in [3.05, 3.63) is 89.5 Å². The third-order valence-electron chi connectivity index (χ3n) is 6.47. The Hall–Kier alpha value is -3.92. The molecule has 2 atom stereocenters. The number of unbranched alkanes of at least 4 members (excludes halogenated alkanes) is 1. The maximum Gasteiger partial charge on any atom is 0.523 e. The van der Waals surface area contributed by atoms with E-state index in [0.29, 0.717) is 24.0 Å². The van der Waals surface area contributed by atoms with Gasteiger partial charge in [0.1, 0.15) is 0 Å². The molecule has 1 aliphatic rings. The highest BCUT2D eigenvalue weighted by atomic mass is 19.4. The average Bonchev–Trinajstić information content (AvgIpc) is 2.92. The van der Waals surface area contributed by atoms with Crippen LogP contribution in [0.25, 0.3) is 5.57 Å². The molecule has 0 aliphatic heterocycles. The van der Waals surface area contributed by atoms with Crippen LogP contribution in [0.4, 0.5) is 13.2 Å². The molecule has 0 fully saturated rings. The van der Waals surface area contributed by atoms with E-state index in [9.17, 15) is 27.6 Å². The van der Waals surface area contributed by atoms with Crippen molar-refractivity contribution in [1.29, 1.82) is 0 Å². The van der Waals surface area contributed by atoms with Crippen molar-refractivity contribution in [2.45, 2.75) is 51.0 Å². The maximum absolute atomic E-state index is 13.7. The number of rotatable bonds is 13. The number of hydrogen-bond acceptors (Lipinski definition) is 5. The molecule has 2 aromatic rings. The van der Waals surface area contributed by atoms with Crippen LogP contribution in [0.3, 0.4) is 0 Å². The molecule has 1 amide bonds. The van der Waals surface area contributed by atoms with E-state index in [2.05, 4.69) is 10.1 Å². The molecule has 3 rings (SSSR count). The molecule has 0 bridgehead atoms. The summed E-state index contributed by atoms with van der Waals surface area (Å²) in [5, 5.41) is 11.2. The summed E-state index contributed by atoms with van der Waals surface area (Å²) in [7, 11) is 0. The van der Waals surface area contributed by atoms with Gasteiger partial charge < -0.3 is 15.2 Å². The van der Waals surface area contributed by atoms with Gasteiger partial charge in [0, 0.05) is 18.0 Å². The summed E-state index contributed by atoms with van der Waals surface area (Å²) < 4.78 is 50.9. The fourth-order valence-corrected chi connectivity index (χ4v) is 4.37. The number of aryl methyl sites for hydroxylation is 1. The van der Waals surface area contributed by atoms with Crippen LogP contribution < -0.4 is 5.32 Å². The van der Waals surface area contributed by atoms with Crippen LogP contribution >= 0.6 is 0 Å². The quantitative estimate of drug-likeness (QED) is 0.241. The Morgan fingerprint density at radius 2 is 1.75 bits per heavy atom. The van der Waals surface area contributed by atoms with Crippen LogP contribution in [0.15, 0.2) is 72.8 Å². The first-order valence-corrected chi connectivity index (χ1v) is 13.0. The molecule has 0 spiro atoms. The van der Waals surface area contributed by atoms with Gasteiger partial charge in [-0.15, -0.1) is 13.2 Å². The van der Waals surface area contributed by atoms with E-state index in [4.69, 9.17) is 9.84 Å². The van der Waals surface area contributed by atoms with Crippen LogP contribution in [-0.4, -0.2) is 48.1 Å². The maximum atomic E-state index is 13.7. The van der Waals surface area contributed by atoms with E-state index >= 15 is 0 Å². The zero-order valence-electron chi connectivity index (χ0n) is 22.1. The number of benzene rings is 2. The minimum absolute atomic E-state index is 0.0170. The predicted octanol–water partition coefficient (Wildman–Crippen LogP) is 5.71. The number of carboxylic acid groups (broad SMARTS) is 1. The van der Waals surface area contributed by atoms with E-state index in [1.807, 2.05) is 37.3 Å². The van der Waals surface area contributed by atoms with Crippen molar-refractivity contribution in [2.24, 2.45) is 5.92 Å². The normalized spacial score (nSPS) is 18.6. The van der Waals surface area contributed by atoms with Gasteiger partial charge in [-0.1, -0.05) is 68.0 Å². The molecule has 214 valence electrons. The fraction of sp³-hybridized carbons (Fsp3) is 0.367. The first-order chi connectivity index (χ1) is 19.0. The molecule has 0 saturated heterocycles. The number of amides is 1. The third kappa shape index (κ3) is 8.54. The highest BCUT2D eigenvalue weighted by Crippen LogP contribution is 2.41. The summed E-state index contributed by atoms with van der Waals surface area (Å²) in [6, 6.07) is 15.5. The van der Waals surface area contributed by atoms with Crippen LogP contribution in [0.1, 0.15) is 54.1 Å². The van der Waals surface area contributed by atoms with Crippen molar-refractivity contribution >= 4 is 23.4 Å². The Morgan fingerprint density at radius 1 is 1.05 bits per heavy atom. The van der Waals surface area contributed by atoms with Gasteiger partial charge in [-0.2, -0.15) is 0 Å². The first kappa shape index (κ1) is 30.6. The van der Waals surface area contributed by atoms with Crippen molar-refractivity contribution in [3.8, 4) is 0 Å². The molecule has 1 aliphatic carbocycles. The van der Waals surface area contributed by atoms with Crippen LogP contribution in [-0.2, 0) is 25.5 Å². The second-order valence-corrected chi connectivity index (χ2v) is 9.39. The van der Waals surface area contributed by atoms with E-state index in [1.165, 1.54) is 6.08 Å². The molecule has 7 nitrogen and oxygen atoms in total. The van der Waals surface area contributed by atoms with Crippen molar-refractivity contribution in [3.63, 3.8) is 0 Å². The molecule has 2 N–H and O–H groups in total. The minimum Gasteiger partial charge on any atom is -0.481 e. The monoisotopic (exact) mass is 559 g/mol. The third-order valence-corrected chi connectivity index (χ3v) is 6.47. The van der Waals surface area contributed by atoms with Crippen LogP contribution in [0, 0.1) is 5.92 Å². The van der Waals surface area contributed by atoms with Crippen molar-refractivity contribution in [1.82, 2.24) is 5.32 Å². The largest absolute Gasteiger partial charge is 0.523 e. The Labute approximate surface area is 230 Å². The molecule has 40 heavy (non-hydrogen) atoms. The molecular formula is C30H32F3NO6. The van der Waals surface area contributed by atoms with Gasteiger partial charge in [0.25, 0.3) is 5.91 Å². The summed E-state index contributed by atoms with van der Waals surface area (Å²) in [5.41, 5.74) is 0.0827. The highest BCUT2D eigenvalue weighted by molar-refractivity contribution is 5.94. The zero-order valence-corrected chi connectivity index (χ0v) is 22.1. The lowest BCUT2D eigenvalue weighted by atomic mass is 9.77. The van der Waals surface area contributed by atoms with Gasteiger partial charge in [0.15, 0.2) is 5.60 Å². The van der Waals surface area contributed by atoms with Crippen LogP contribution in [0.2, 0.25) is 0 Å². The number of halogens is 3. The number of esters is 1. The SMILES string of the molecule is CCCCOC(=O)C1(OC(F)(F)F)C=CC(c2ccccc2)=CC1CCc1ccc(C(=O)NCCC(=O)O)cc1. The molecular weight excluding hydrogens is 527 g/mol. The topological polar surface area (TPSA) is 102 Å². The second-order valence-electron chi connectivity index (χ2n) is 9.39. The lowest BCUT2D eigenvalue weighted by Crippen LogP contribution is -2.51. The molecule has 0 aromatic heterocycles. The number of ether oxygens (including phenoxy) is 2. The molecule has 0 saturated carbocycles. The number of nitrogens with one attached hydrogen (secondary N) is 1. The molecule has 2 aromatic carbocycles. The Balaban J connectivity index is 1.86. The number of hydrogen-bond donors (Lipinski definition) is 2. The minimum atomic E-state index is -5.10. The van der Waals surface area contributed by atoms with E-state index in [0.717, 1.165) is 17.2 Å². The first-order valence-electron chi connectivity index (χ1n) is 13.0. The molecule has 0 heterocycles. The van der Waals surface area contributed by atoms with E-state index < -0.39 is 35.7 Å². The second kappa shape index (κ2) is 13.9. The lowest BCUT2D eigenvalue weighted by Gasteiger charge is -2.37. The summed E-state index contributed by atoms with van der Waals surface area (Å²) in [5.74, 6) is -3.58.